The molecule has 0 aliphatic rings. The summed E-state index contributed by atoms with van der Waals surface area (Å²) in [5.74, 6) is 0.168. The van der Waals surface area contributed by atoms with Gasteiger partial charge in [-0.3, -0.25) is 0 Å². The summed E-state index contributed by atoms with van der Waals surface area (Å²) in [5, 5.41) is 4.44. The van der Waals surface area contributed by atoms with E-state index in [4.69, 9.17) is 28.9 Å². The lowest BCUT2D eigenvalue weighted by Crippen LogP contribution is -2.24. The quantitative estimate of drug-likeness (QED) is 0.837. The number of nitrogens with two attached hydrogens (primary N) is 1. The summed E-state index contributed by atoms with van der Waals surface area (Å²) in [6.07, 6.45) is 0. The SMILES string of the molecule is CNCC(CN)c1c(Cl)cccc1Cl. The molecule has 4 heteroatoms. The second-order valence-electron chi connectivity index (χ2n) is 3.13. The van der Waals surface area contributed by atoms with Crippen LogP contribution in [0.3, 0.4) is 0 Å². The molecule has 1 atom stereocenters. The number of hydrogen-bond acceptors (Lipinski definition) is 2. The number of benzene rings is 1. The van der Waals surface area contributed by atoms with Gasteiger partial charge in [-0.25, -0.2) is 0 Å². The van der Waals surface area contributed by atoms with E-state index in [9.17, 15) is 0 Å². The Bertz CT molecular complexity index is 282. The number of likely N-dealkylation sites (N-methyl/N-ethyl adjacent to an activating group) is 1. The van der Waals surface area contributed by atoms with E-state index < -0.39 is 0 Å². The Balaban J connectivity index is 3.02. The van der Waals surface area contributed by atoms with Crippen LogP contribution in [0.4, 0.5) is 0 Å². The summed E-state index contributed by atoms with van der Waals surface area (Å²) in [7, 11) is 1.88. The molecule has 0 spiro atoms. The van der Waals surface area contributed by atoms with Gasteiger partial charge in [0.15, 0.2) is 0 Å². The molecule has 1 aromatic carbocycles. The number of hydrogen-bond donors (Lipinski definition) is 2. The van der Waals surface area contributed by atoms with Gasteiger partial charge < -0.3 is 11.1 Å². The topological polar surface area (TPSA) is 38.0 Å². The second kappa shape index (κ2) is 5.56. The third-order valence-electron chi connectivity index (χ3n) is 2.14. The molecule has 1 aromatic rings. The van der Waals surface area contributed by atoms with Crippen LogP contribution >= 0.6 is 23.2 Å². The average molecular weight is 233 g/mol. The number of rotatable bonds is 4. The molecule has 0 aliphatic carbocycles. The molecule has 0 heterocycles. The third kappa shape index (κ3) is 2.61. The van der Waals surface area contributed by atoms with Crippen LogP contribution in [0.1, 0.15) is 11.5 Å². The molecule has 1 rings (SSSR count). The van der Waals surface area contributed by atoms with Crippen molar-refractivity contribution in [2.24, 2.45) is 5.73 Å². The van der Waals surface area contributed by atoms with E-state index in [-0.39, 0.29) is 5.92 Å². The summed E-state index contributed by atoms with van der Waals surface area (Å²) in [6.45, 7) is 1.31. The van der Waals surface area contributed by atoms with Gasteiger partial charge >= 0.3 is 0 Å². The minimum absolute atomic E-state index is 0.168. The van der Waals surface area contributed by atoms with E-state index in [1.165, 1.54) is 0 Å². The smallest absolute Gasteiger partial charge is 0.0456 e. The van der Waals surface area contributed by atoms with Crippen molar-refractivity contribution in [1.29, 1.82) is 0 Å². The summed E-state index contributed by atoms with van der Waals surface area (Å²) >= 11 is 12.1. The predicted molar refractivity (Wildman–Crippen MR) is 62.2 cm³/mol. The molecule has 0 saturated heterocycles. The summed E-state index contributed by atoms with van der Waals surface area (Å²) < 4.78 is 0. The van der Waals surface area contributed by atoms with Crippen molar-refractivity contribution in [3.8, 4) is 0 Å². The van der Waals surface area contributed by atoms with E-state index in [1.807, 2.05) is 25.2 Å². The van der Waals surface area contributed by atoms with Gasteiger partial charge in [0.2, 0.25) is 0 Å². The summed E-state index contributed by atoms with van der Waals surface area (Å²) in [6, 6.07) is 5.50. The third-order valence-corrected chi connectivity index (χ3v) is 2.80. The molecule has 0 bridgehead atoms. The van der Waals surface area contributed by atoms with Gasteiger partial charge in [-0.2, -0.15) is 0 Å². The van der Waals surface area contributed by atoms with E-state index in [0.29, 0.717) is 16.6 Å². The molecule has 0 aromatic heterocycles. The molecule has 14 heavy (non-hydrogen) atoms. The van der Waals surface area contributed by atoms with Gasteiger partial charge in [-0.1, -0.05) is 29.3 Å². The molecule has 3 N–H and O–H groups in total. The largest absolute Gasteiger partial charge is 0.330 e. The van der Waals surface area contributed by atoms with Crippen molar-refractivity contribution in [1.82, 2.24) is 5.32 Å². The second-order valence-corrected chi connectivity index (χ2v) is 3.94. The van der Waals surface area contributed by atoms with E-state index in [2.05, 4.69) is 5.32 Å². The molecular weight excluding hydrogens is 219 g/mol. The lowest BCUT2D eigenvalue weighted by molar-refractivity contribution is 0.637. The zero-order chi connectivity index (χ0) is 10.6. The fourth-order valence-electron chi connectivity index (χ4n) is 1.45. The molecule has 0 radical (unpaired) electrons. The molecule has 1 unspecified atom stereocenters. The first-order chi connectivity index (χ1) is 6.70. The monoisotopic (exact) mass is 232 g/mol. The highest BCUT2D eigenvalue weighted by Crippen LogP contribution is 2.30. The molecule has 0 saturated carbocycles. The lowest BCUT2D eigenvalue weighted by atomic mass is 9.99. The minimum atomic E-state index is 0.168. The maximum Gasteiger partial charge on any atom is 0.0456 e. The molecule has 0 fully saturated rings. The standard InChI is InChI=1S/C10H14Cl2N2/c1-14-6-7(5-13)10-8(11)3-2-4-9(10)12/h2-4,7,14H,5-6,13H2,1H3. The van der Waals surface area contributed by atoms with Crippen LogP contribution in [0.5, 0.6) is 0 Å². The van der Waals surface area contributed by atoms with Crippen molar-refractivity contribution in [3.63, 3.8) is 0 Å². The highest BCUT2D eigenvalue weighted by atomic mass is 35.5. The van der Waals surface area contributed by atoms with Crippen LogP contribution in [-0.4, -0.2) is 20.1 Å². The molecule has 2 nitrogen and oxygen atoms in total. The maximum absolute atomic E-state index is 6.07. The van der Waals surface area contributed by atoms with Crippen molar-refractivity contribution in [2.75, 3.05) is 20.1 Å². The summed E-state index contributed by atoms with van der Waals surface area (Å²) in [5.41, 5.74) is 6.61. The maximum atomic E-state index is 6.07. The van der Waals surface area contributed by atoms with Crippen LogP contribution in [0.2, 0.25) is 10.0 Å². The van der Waals surface area contributed by atoms with Crippen molar-refractivity contribution in [2.45, 2.75) is 5.92 Å². The van der Waals surface area contributed by atoms with Crippen LogP contribution < -0.4 is 11.1 Å². The van der Waals surface area contributed by atoms with E-state index in [1.54, 1.807) is 0 Å². The number of halogens is 2. The van der Waals surface area contributed by atoms with Crippen LogP contribution in [0, 0.1) is 0 Å². The van der Waals surface area contributed by atoms with E-state index in [0.717, 1.165) is 12.1 Å². The first kappa shape index (κ1) is 11.8. The zero-order valence-corrected chi connectivity index (χ0v) is 9.57. The zero-order valence-electron chi connectivity index (χ0n) is 8.06. The minimum Gasteiger partial charge on any atom is -0.330 e. The predicted octanol–water partition coefficient (Wildman–Crippen LogP) is 2.26. The summed E-state index contributed by atoms with van der Waals surface area (Å²) in [4.78, 5) is 0. The van der Waals surface area contributed by atoms with Gasteiger partial charge in [-0.05, 0) is 24.7 Å². The van der Waals surface area contributed by atoms with Crippen LogP contribution in [0.15, 0.2) is 18.2 Å². The highest BCUT2D eigenvalue weighted by molar-refractivity contribution is 6.36. The van der Waals surface area contributed by atoms with Gasteiger partial charge in [0, 0.05) is 29.1 Å². The Morgan fingerprint density at radius 3 is 2.36 bits per heavy atom. The Morgan fingerprint density at radius 2 is 1.93 bits per heavy atom. The fourth-order valence-corrected chi connectivity index (χ4v) is 2.16. The molecule has 78 valence electrons. The Hall–Kier alpha value is -0.280. The van der Waals surface area contributed by atoms with Crippen LogP contribution in [0.25, 0.3) is 0 Å². The normalized spacial score (nSPS) is 12.9. The lowest BCUT2D eigenvalue weighted by Gasteiger charge is -2.17. The van der Waals surface area contributed by atoms with Gasteiger partial charge in [0.25, 0.3) is 0 Å². The number of nitrogens with one attached hydrogen (secondary N) is 1. The van der Waals surface area contributed by atoms with Crippen molar-refractivity contribution >= 4 is 23.2 Å². The fraction of sp³-hybridized carbons (Fsp3) is 0.400. The Labute approximate surface area is 94.4 Å². The molecule has 0 aliphatic heterocycles. The van der Waals surface area contributed by atoms with Crippen LogP contribution in [-0.2, 0) is 0 Å². The van der Waals surface area contributed by atoms with Gasteiger partial charge in [0.1, 0.15) is 0 Å². The average Bonchev–Trinajstić information content (AvgIpc) is 2.16. The highest BCUT2D eigenvalue weighted by Gasteiger charge is 2.15. The first-order valence-electron chi connectivity index (χ1n) is 4.49. The Morgan fingerprint density at radius 1 is 1.36 bits per heavy atom. The molecular formula is C10H14Cl2N2. The van der Waals surface area contributed by atoms with Crippen molar-refractivity contribution < 1.29 is 0 Å². The van der Waals surface area contributed by atoms with E-state index >= 15 is 0 Å². The molecule has 0 amide bonds. The Kier molecular flexibility index (Phi) is 4.69. The first-order valence-corrected chi connectivity index (χ1v) is 5.24. The van der Waals surface area contributed by atoms with Gasteiger partial charge in [-0.15, -0.1) is 0 Å². The van der Waals surface area contributed by atoms with Gasteiger partial charge in [0.05, 0.1) is 0 Å². The van der Waals surface area contributed by atoms with Crippen molar-refractivity contribution in [3.05, 3.63) is 33.8 Å².